The lowest BCUT2D eigenvalue weighted by molar-refractivity contribution is -0.120. The molecule has 160 valence electrons. The van der Waals surface area contributed by atoms with Gasteiger partial charge in [0.25, 0.3) is 0 Å². The van der Waals surface area contributed by atoms with E-state index in [-0.39, 0.29) is 36.5 Å². The average molecular weight is 438 g/mol. The molecule has 2 aliphatic rings. The van der Waals surface area contributed by atoms with Crippen LogP contribution < -0.4 is 14.8 Å². The Bertz CT molecular complexity index is 1070. The number of ether oxygens (including phenoxy) is 2. The van der Waals surface area contributed by atoms with Gasteiger partial charge in [-0.25, -0.2) is 17.2 Å². The number of carbonyl (C=O) groups is 1. The molecule has 30 heavy (non-hydrogen) atoms. The fraction of sp³-hybridized carbons (Fsp3) is 0.350. The van der Waals surface area contributed by atoms with Crippen molar-refractivity contribution >= 4 is 21.6 Å². The van der Waals surface area contributed by atoms with Gasteiger partial charge < -0.3 is 14.8 Å². The third kappa shape index (κ3) is 4.10. The first-order chi connectivity index (χ1) is 14.3. The molecule has 1 fully saturated rings. The van der Waals surface area contributed by atoms with Crippen molar-refractivity contribution in [3.8, 4) is 11.5 Å². The number of anilines is 1. The summed E-state index contributed by atoms with van der Waals surface area (Å²) in [7, 11) is -3.76. The van der Waals surface area contributed by atoms with Crippen LogP contribution >= 0.6 is 0 Å². The molecule has 0 unspecified atom stereocenters. The van der Waals surface area contributed by atoms with Crippen molar-refractivity contribution in [1.82, 2.24) is 4.31 Å². The van der Waals surface area contributed by atoms with Gasteiger partial charge in [0.05, 0.1) is 10.6 Å². The van der Waals surface area contributed by atoms with Gasteiger partial charge in [0, 0.05) is 31.1 Å². The molecule has 2 aliphatic heterocycles. The molecule has 0 atom stereocenters. The third-order valence-electron chi connectivity index (χ3n) is 5.16. The highest BCUT2D eigenvalue weighted by molar-refractivity contribution is 7.89. The monoisotopic (exact) mass is 438 g/mol. The van der Waals surface area contributed by atoms with E-state index in [9.17, 15) is 22.0 Å². The molecule has 0 aliphatic carbocycles. The summed E-state index contributed by atoms with van der Waals surface area (Å²) in [4.78, 5) is 12.5. The second kappa shape index (κ2) is 8.19. The van der Waals surface area contributed by atoms with E-state index < -0.39 is 33.5 Å². The maximum atomic E-state index is 13.7. The number of hydrogen-bond donors (Lipinski definition) is 1. The molecular weight excluding hydrogens is 418 g/mol. The van der Waals surface area contributed by atoms with Crippen molar-refractivity contribution in [2.45, 2.75) is 17.7 Å². The van der Waals surface area contributed by atoms with Crippen molar-refractivity contribution in [3.05, 3.63) is 48.0 Å². The number of rotatable bonds is 4. The molecular formula is C20H20F2N2O5S. The highest BCUT2D eigenvalue weighted by Gasteiger charge is 2.33. The maximum absolute atomic E-state index is 13.7. The summed E-state index contributed by atoms with van der Waals surface area (Å²) in [5, 5.41) is 2.39. The molecule has 7 nitrogen and oxygen atoms in total. The summed E-state index contributed by atoms with van der Waals surface area (Å²) < 4.78 is 65.1. The number of sulfonamides is 1. The fourth-order valence-electron chi connectivity index (χ4n) is 3.52. The molecule has 1 amide bonds. The molecule has 0 bridgehead atoms. The number of halogens is 2. The Morgan fingerprint density at radius 2 is 1.70 bits per heavy atom. The SMILES string of the molecule is O=C(Nc1cc(F)ccc1F)C1CCN(S(=O)(=O)c2ccc3c(c2)OCCO3)CC1. The summed E-state index contributed by atoms with van der Waals surface area (Å²) in [5.74, 6) is -1.47. The predicted octanol–water partition coefficient (Wildman–Crippen LogP) is 2.78. The van der Waals surface area contributed by atoms with Gasteiger partial charge in [-0.15, -0.1) is 0 Å². The molecule has 1 saturated heterocycles. The molecule has 2 aromatic rings. The van der Waals surface area contributed by atoms with Crippen molar-refractivity contribution in [2.75, 3.05) is 31.6 Å². The van der Waals surface area contributed by atoms with Gasteiger partial charge in [-0.3, -0.25) is 4.79 Å². The first kappa shape index (κ1) is 20.5. The number of carbonyl (C=O) groups excluding carboxylic acids is 1. The smallest absolute Gasteiger partial charge is 0.243 e. The van der Waals surface area contributed by atoms with E-state index >= 15 is 0 Å². The number of amides is 1. The second-order valence-electron chi connectivity index (χ2n) is 7.10. The summed E-state index contributed by atoms with van der Waals surface area (Å²) >= 11 is 0. The summed E-state index contributed by atoms with van der Waals surface area (Å²) in [6, 6.07) is 7.28. The van der Waals surface area contributed by atoms with E-state index in [1.54, 1.807) is 6.07 Å². The molecule has 0 spiro atoms. The average Bonchev–Trinajstić information content (AvgIpc) is 2.76. The minimum atomic E-state index is -3.76. The first-order valence-corrected chi connectivity index (χ1v) is 10.9. The van der Waals surface area contributed by atoms with Gasteiger partial charge in [0.2, 0.25) is 15.9 Å². The quantitative estimate of drug-likeness (QED) is 0.794. The lowest BCUT2D eigenvalue weighted by atomic mass is 9.97. The van der Waals surface area contributed by atoms with Crippen molar-refractivity contribution in [1.29, 1.82) is 0 Å². The number of benzene rings is 2. The van der Waals surface area contributed by atoms with Gasteiger partial charge in [0.15, 0.2) is 11.5 Å². The zero-order valence-corrected chi connectivity index (χ0v) is 16.8. The number of nitrogens with one attached hydrogen (secondary N) is 1. The highest BCUT2D eigenvalue weighted by Crippen LogP contribution is 2.34. The van der Waals surface area contributed by atoms with E-state index in [2.05, 4.69) is 5.32 Å². The van der Waals surface area contributed by atoms with Crippen molar-refractivity contribution < 1.29 is 31.5 Å². The Morgan fingerprint density at radius 1 is 1.00 bits per heavy atom. The van der Waals surface area contributed by atoms with Gasteiger partial charge in [-0.05, 0) is 37.1 Å². The summed E-state index contributed by atoms with van der Waals surface area (Å²) in [5.41, 5.74) is -0.230. The number of nitrogens with zero attached hydrogens (tertiary/aromatic N) is 1. The predicted molar refractivity (Wildman–Crippen MR) is 104 cm³/mol. The Balaban J connectivity index is 1.41. The fourth-order valence-corrected chi connectivity index (χ4v) is 5.01. The number of piperidine rings is 1. The van der Waals surface area contributed by atoms with Crippen LogP contribution in [0.15, 0.2) is 41.3 Å². The standard InChI is InChI=1S/C20H20F2N2O5S/c21-14-1-3-16(22)17(11-14)23-20(25)13-5-7-24(8-6-13)30(26,27)15-2-4-18-19(12-15)29-10-9-28-18/h1-4,11-13H,5-10H2,(H,23,25). The van der Waals surface area contributed by atoms with E-state index in [1.165, 1.54) is 16.4 Å². The van der Waals surface area contributed by atoms with Crippen LogP contribution in [0.2, 0.25) is 0 Å². The van der Waals surface area contributed by atoms with E-state index in [0.717, 1.165) is 18.2 Å². The molecule has 0 aromatic heterocycles. The Kier molecular flexibility index (Phi) is 5.61. The zero-order chi connectivity index (χ0) is 21.3. The first-order valence-electron chi connectivity index (χ1n) is 9.50. The number of fused-ring (bicyclic) bond motifs is 1. The topological polar surface area (TPSA) is 84.9 Å². The Labute approximate surface area is 172 Å². The lowest BCUT2D eigenvalue weighted by Crippen LogP contribution is -2.41. The van der Waals surface area contributed by atoms with Gasteiger partial charge in [0.1, 0.15) is 24.8 Å². The minimum absolute atomic E-state index is 0.0940. The van der Waals surface area contributed by atoms with E-state index in [0.29, 0.717) is 24.7 Å². The van der Waals surface area contributed by atoms with Gasteiger partial charge in [-0.1, -0.05) is 0 Å². The van der Waals surface area contributed by atoms with Gasteiger partial charge in [-0.2, -0.15) is 4.31 Å². The van der Waals surface area contributed by atoms with Crippen LogP contribution in [-0.4, -0.2) is 44.9 Å². The molecule has 1 N–H and O–H groups in total. The second-order valence-corrected chi connectivity index (χ2v) is 9.04. The van der Waals surface area contributed by atoms with Crippen molar-refractivity contribution in [2.24, 2.45) is 5.92 Å². The largest absolute Gasteiger partial charge is 0.486 e. The molecule has 10 heteroatoms. The lowest BCUT2D eigenvalue weighted by Gasteiger charge is -2.31. The Morgan fingerprint density at radius 3 is 2.43 bits per heavy atom. The molecule has 2 heterocycles. The van der Waals surface area contributed by atoms with Crippen LogP contribution in [0.25, 0.3) is 0 Å². The molecule has 2 aromatic carbocycles. The Hall–Kier alpha value is -2.72. The highest BCUT2D eigenvalue weighted by atomic mass is 32.2. The van der Waals surface area contributed by atoms with Crippen LogP contribution in [0.5, 0.6) is 11.5 Å². The minimum Gasteiger partial charge on any atom is -0.486 e. The van der Waals surface area contributed by atoms with Crippen LogP contribution in [0.3, 0.4) is 0 Å². The molecule has 0 saturated carbocycles. The summed E-state index contributed by atoms with van der Waals surface area (Å²) in [6.45, 7) is 1.04. The number of hydrogen-bond acceptors (Lipinski definition) is 5. The normalized spacial score (nSPS) is 17.5. The van der Waals surface area contributed by atoms with Crippen LogP contribution in [0, 0.1) is 17.6 Å². The van der Waals surface area contributed by atoms with E-state index in [1.807, 2.05) is 0 Å². The van der Waals surface area contributed by atoms with Crippen LogP contribution in [0.1, 0.15) is 12.8 Å². The molecule has 4 rings (SSSR count). The third-order valence-corrected chi connectivity index (χ3v) is 7.06. The van der Waals surface area contributed by atoms with Crippen molar-refractivity contribution in [3.63, 3.8) is 0 Å². The summed E-state index contributed by atoms with van der Waals surface area (Å²) in [6.07, 6.45) is 0.541. The maximum Gasteiger partial charge on any atom is 0.243 e. The van der Waals surface area contributed by atoms with Gasteiger partial charge >= 0.3 is 0 Å². The zero-order valence-electron chi connectivity index (χ0n) is 15.9. The van der Waals surface area contributed by atoms with E-state index in [4.69, 9.17) is 9.47 Å². The molecule has 0 radical (unpaired) electrons. The van der Waals surface area contributed by atoms with Crippen LogP contribution in [0.4, 0.5) is 14.5 Å². The van der Waals surface area contributed by atoms with Crippen LogP contribution in [-0.2, 0) is 14.8 Å².